The van der Waals surface area contributed by atoms with Crippen molar-refractivity contribution in [1.29, 1.82) is 0 Å². The highest BCUT2D eigenvalue weighted by Crippen LogP contribution is 2.34. The van der Waals surface area contributed by atoms with Crippen LogP contribution < -0.4 is 10.1 Å². The molecule has 0 spiro atoms. The summed E-state index contributed by atoms with van der Waals surface area (Å²) in [6, 6.07) is 9.72. The summed E-state index contributed by atoms with van der Waals surface area (Å²) in [5.41, 5.74) is 0.972. The van der Waals surface area contributed by atoms with Gasteiger partial charge in [-0.25, -0.2) is 4.79 Å². The molecule has 6 heteroatoms. The second kappa shape index (κ2) is 11.0. The zero-order valence-electron chi connectivity index (χ0n) is 20.7. The average Bonchev–Trinajstić information content (AvgIpc) is 2.99. The van der Waals surface area contributed by atoms with Crippen molar-refractivity contribution in [3.63, 3.8) is 0 Å². The van der Waals surface area contributed by atoms with E-state index in [2.05, 4.69) is 37.1 Å². The van der Waals surface area contributed by atoms with Gasteiger partial charge in [0.25, 0.3) is 0 Å². The highest BCUT2D eigenvalue weighted by Gasteiger charge is 2.40. The van der Waals surface area contributed by atoms with Crippen molar-refractivity contribution in [2.24, 2.45) is 5.92 Å². The molecule has 180 valence electrons. The molecule has 1 atom stereocenters. The summed E-state index contributed by atoms with van der Waals surface area (Å²) < 4.78 is 10.8. The highest BCUT2D eigenvalue weighted by atomic mass is 16.5. The Balaban J connectivity index is 2.01. The van der Waals surface area contributed by atoms with E-state index in [-0.39, 0.29) is 11.9 Å². The van der Waals surface area contributed by atoms with E-state index in [0.717, 1.165) is 48.6 Å². The van der Waals surface area contributed by atoms with Gasteiger partial charge in [-0.05, 0) is 62.2 Å². The van der Waals surface area contributed by atoms with E-state index in [1.165, 1.54) is 0 Å². The van der Waals surface area contributed by atoms with E-state index < -0.39 is 5.54 Å². The van der Waals surface area contributed by atoms with Gasteiger partial charge in [0.1, 0.15) is 5.75 Å². The Morgan fingerprint density at radius 3 is 2.64 bits per heavy atom. The molecule has 0 bridgehead atoms. The van der Waals surface area contributed by atoms with Crippen molar-refractivity contribution in [1.82, 2.24) is 10.2 Å². The monoisotopic (exact) mass is 454 g/mol. The summed E-state index contributed by atoms with van der Waals surface area (Å²) in [7, 11) is 1.61. The van der Waals surface area contributed by atoms with Crippen LogP contribution in [0.3, 0.4) is 0 Å². The van der Waals surface area contributed by atoms with Gasteiger partial charge in [0, 0.05) is 18.5 Å². The molecule has 2 aromatic carbocycles. The number of carbonyl (C=O) groups is 2. The number of esters is 1. The first-order chi connectivity index (χ1) is 15.8. The van der Waals surface area contributed by atoms with Gasteiger partial charge in [0.05, 0.1) is 24.8 Å². The molecule has 33 heavy (non-hydrogen) atoms. The Morgan fingerprint density at radius 2 is 1.94 bits per heavy atom. The quantitative estimate of drug-likeness (QED) is 0.573. The van der Waals surface area contributed by atoms with Crippen LogP contribution >= 0.6 is 0 Å². The Labute approximate surface area is 197 Å². The fourth-order valence-corrected chi connectivity index (χ4v) is 4.61. The number of nitrogens with zero attached hydrogens (tertiary/aromatic N) is 1. The van der Waals surface area contributed by atoms with Crippen LogP contribution in [0.1, 0.15) is 69.3 Å². The lowest BCUT2D eigenvalue weighted by atomic mass is 9.91. The number of fused-ring (bicyclic) bond motifs is 1. The van der Waals surface area contributed by atoms with Crippen LogP contribution in [0, 0.1) is 5.92 Å². The maximum atomic E-state index is 13.3. The fourth-order valence-electron chi connectivity index (χ4n) is 4.61. The lowest BCUT2D eigenvalue weighted by molar-refractivity contribution is -0.133. The molecule has 2 aromatic rings. The van der Waals surface area contributed by atoms with Gasteiger partial charge in [-0.2, -0.15) is 0 Å². The third-order valence-electron chi connectivity index (χ3n) is 6.59. The molecule has 6 nitrogen and oxygen atoms in total. The van der Waals surface area contributed by atoms with Crippen LogP contribution in [0.15, 0.2) is 30.3 Å². The molecule has 1 aliphatic heterocycles. The number of ether oxygens (including phenoxy) is 2. The predicted octanol–water partition coefficient (Wildman–Crippen LogP) is 4.93. The molecule has 0 radical (unpaired) electrons. The average molecular weight is 455 g/mol. The summed E-state index contributed by atoms with van der Waals surface area (Å²) >= 11 is 0. The lowest BCUT2D eigenvalue weighted by Gasteiger charge is -2.39. The largest absolute Gasteiger partial charge is 0.496 e. The van der Waals surface area contributed by atoms with Crippen molar-refractivity contribution in [2.75, 3.05) is 26.8 Å². The van der Waals surface area contributed by atoms with Crippen molar-refractivity contribution < 1.29 is 19.1 Å². The van der Waals surface area contributed by atoms with E-state index in [4.69, 9.17) is 9.47 Å². The summed E-state index contributed by atoms with van der Waals surface area (Å²) in [5, 5.41) is 5.07. The number of carbonyl (C=O) groups excluding carboxylic acids is 2. The van der Waals surface area contributed by atoms with Crippen molar-refractivity contribution >= 4 is 22.6 Å². The summed E-state index contributed by atoms with van der Waals surface area (Å²) in [6.45, 7) is 10.6. The van der Waals surface area contributed by atoms with Gasteiger partial charge in [0.15, 0.2) is 0 Å². The third-order valence-corrected chi connectivity index (χ3v) is 6.59. The van der Waals surface area contributed by atoms with Crippen LogP contribution in [0.4, 0.5) is 0 Å². The van der Waals surface area contributed by atoms with Gasteiger partial charge in [-0.1, -0.05) is 44.9 Å². The van der Waals surface area contributed by atoms with Crippen LogP contribution in [0.25, 0.3) is 10.8 Å². The van der Waals surface area contributed by atoms with Gasteiger partial charge >= 0.3 is 5.97 Å². The maximum Gasteiger partial charge on any atom is 0.338 e. The number of benzene rings is 2. The Morgan fingerprint density at radius 1 is 1.15 bits per heavy atom. The number of hydrogen-bond acceptors (Lipinski definition) is 5. The Bertz CT molecular complexity index is 987. The standard InChI is InChI=1S/C27H38N2O4/c1-6-33-25(30)21-15-23-20(11-10-12-22(23)24(16-21)32-5)18-29-14-9-7-8-13-27(29,4)26(31)28-17-19(2)3/h10-12,15-16,19H,6-9,13-14,17-18H2,1-5H3,(H,28,31). The first-order valence-corrected chi connectivity index (χ1v) is 12.1. The molecule has 1 unspecified atom stereocenters. The predicted molar refractivity (Wildman–Crippen MR) is 132 cm³/mol. The van der Waals surface area contributed by atoms with Gasteiger partial charge < -0.3 is 14.8 Å². The SMILES string of the molecule is CCOC(=O)c1cc(OC)c2cccc(CN3CCCCCC3(C)C(=O)NCC(C)C)c2c1. The first-order valence-electron chi connectivity index (χ1n) is 12.1. The molecular formula is C27H38N2O4. The molecule has 1 fully saturated rings. The van der Waals surface area contributed by atoms with Crippen LogP contribution in [-0.4, -0.2) is 49.1 Å². The van der Waals surface area contributed by atoms with E-state index in [0.29, 0.717) is 36.9 Å². The van der Waals surface area contributed by atoms with E-state index in [1.54, 1.807) is 20.1 Å². The normalized spacial score (nSPS) is 19.3. The molecule has 0 aromatic heterocycles. The van der Waals surface area contributed by atoms with Gasteiger partial charge in [-0.3, -0.25) is 9.69 Å². The molecular weight excluding hydrogens is 416 g/mol. The molecule has 0 aliphatic carbocycles. The van der Waals surface area contributed by atoms with Crippen molar-refractivity contribution in [2.45, 2.75) is 65.5 Å². The molecule has 3 rings (SSSR count). The lowest BCUT2D eigenvalue weighted by Crippen LogP contribution is -2.56. The maximum absolute atomic E-state index is 13.3. The minimum absolute atomic E-state index is 0.100. The number of nitrogens with one attached hydrogen (secondary N) is 1. The molecule has 1 saturated heterocycles. The van der Waals surface area contributed by atoms with Crippen LogP contribution in [0.5, 0.6) is 5.75 Å². The van der Waals surface area contributed by atoms with E-state index >= 15 is 0 Å². The molecule has 1 N–H and O–H groups in total. The number of methoxy groups -OCH3 is 1. The second-order valence-corrected chi connectivity index (χ2v) is 9.52. The summed E-state index contributed by atoms with van der Waals surface area (Å²) in [5.74, 6) is 0.789. The smallest absolute Gasteiger partial charge is 0.338 e. The Hall–Kier alpha value is -2.60. The first kappa shape index (κ1) is 25.0. The Kier molecular flexibility index (Phi) is 8.35. The summed E-state index contributed by atoms with van der Waals surface area (Å²) in [6.07, 6.45) is 4.06. The number of rotatable bonds is 8. The molecule has 1 heterocycles. The van der Waals surface area contributed by atoms with E-state index in [1.807, 2.05) is 18.2 Å². The van der Waals surface area contributed by atoms with Crippen LogP contribution in [-0.2, 0) is 16.1 Å². The number of amides is 1. The van der Waals surface area contributed by atoms with Crippen molar-refractivity contribution in [3.8, 4) is 5.75 Å². The molecule has 1 amide bonds. The highest BCUT2D eigenvalue weighted by molar-refractivity contribution is 5.99. The fraction of sp³-hybridized carbons (Fsp3) is 0.556. The van der Waals surface area contributed by atoms with Crippen LogP contribution in [0.2, 0.25) is 0 Å². The second-order valence-electron chi connectivity index (χ2n) is 9.52. The van der Waals surface area contributed by atoms with Gasteiger partial charge in [-0.15, -0.1) is 0 Å². The zero-order valence-corrected chi connectivity index (χ0v) is 20.7. The minimum Gasteiger partial charge on any atom is -0.496 e. The summed E-state index contributed by atoms with van der Waals surface area (Å²) in [4.78, 5) is 28.1. The molecule has 0 saturated carbocycles. The minimum atomic E-state index is -0.573. The van der Waals surface area contributed by atoms with E-state index in [9.17, 15) is 9.59 Å². The van der Waals surface area contributed by atoms with Crippen molar-refractivity contribution in [3.05, 3.63) is 41.5 Å². The topological polar surface area (TPSA) is 67.9 Å². The number of hydrogen-bond donors (Lipinski definition) is 1. The van der Waals surface area contributed by atoms with Gasteiger partial charge in [0.2, 0.25) is 5.91 Å². The number of likely N-dealkylation sites (tertiary alicyclic amines) is 1. The third kappa shape index (κ3) is 5.67. The molecule has 1 aliphatic rings. The zero-order chi connectivity index (χ0) is 24.0.